The number of hydrogen-bond acceptors (Lipinski definition) is 3. The van der Waals surface area contributed by atoms with Gasteiger partial charge in [0.1, 0.15) is 0 Å². The van der Waals surface area contributed by atoms with Crippen molar-refractivity contribution >= 4 is 0 Å². The fourth-order valence-electron chi connectivity index (χ4n) is 2.06. The molecular formula is C11H24N2O. The van der Waals surface area contributed by atoms with Gasteiger partial charge >= 0.3 is 0 Å². The average Bonchev–Trinajstić information content (AvgIpc) is 2.17. The van der Waals surface area contributed by atoms with E-state index in [1.54, 1.807) is 0 Å². The summed E-state index contributed by atoms with van der Waals surface area (Å²) < 4.78 is 5.32. The van der Waals surface area contributed by atoms with Crippen LogP contribution in [0.15, 0.2) is 0 Å². The Bertz CT molecular complexity index is 144. The minimum Gasteiger partial charge on any atom is -0.379 e. The highest BCUT2D eigenvalue weighted by Gasteiger charge is 2.16. The number of ether oxygens (including phenoxy) is 1. The van der Waals surface area contributed by atoms with Gasteiger partial charge in [-0.05, 0) is 24.8 Å². The molecule has 0 amide bonds. The molecule has 0 spiro atoms. The monoisotopic (exact) mass is 200 g/mol. The van der Waals surface area contributed by atoms with Gasteiger partial charge in [-0.15, -0.1) is 0 Å². The Hall–Kier alpha value is -0.120. The van der Waals surface area contributed by atoms with Crippen LogP contribution in [0, 0.1) is 11.8 Å². The second-order valence-corrected chi connectivity index (χ2v) is 4.64. The van der Waals surface area contributed by atoms with Crippen LogP contribution in [0.3, 0.4) is 0 Å². The summed E-state index contributed by atoms with van der Waals surface area (Å²) in [6, 6.07) is 0. The zero-order chi connectivity index (χ0) is 10.4. The molecule has 14 heavy (non-hydrogen) atoms. The van der Waals surface area contributed by atoms with E-state index < -0.39 is 0 Å². The van der Waals surface area contributed by atoms with Crippen molar-refractivity contribution in [1.82, 2.24) is 4.90 Å². The summed E-state index contributed by atoms with van der Waals surface area (Å²) in [7, 11) is 0. The molecule has 0 aromatic carbocycles. The average molecular weight is 200 g/mol. The Morgan fingerprint density at radius 3 is 2.43 bits per heavy atom. The molecule has 1 unspecified atom stereocenters. The van der Waals surface area contributed by atoms with E-state index in [1.165, 1.54) is 6.42 Å². The molecule has 2 N–H and O–H groups in total. The number of nitrogens with zero attached hydrogens (tertiary/aromatic N) is 1. The van der Waals surface area contributed by atoms with Crippen molar-refractivity contribution in [3.05, 3.63) is 0 Å². The highest BCUT2D eigenvalue weighted by molar-refractivity contribution is 4.70. The lowest BCUT2D eigenvalue weighted by atomic mass is 9.96. The van der Waals surface area contributed by atoms with Gasteiger partial charge in [0.15, 0.2) is 0 Å². The second kappa shape index (κ2) is 6.38. The van der Waals surface area contributed by atoms with Crippen LogP contribution in [0.5, 0.6) is 0 Å². The van der Waals surface area contributed by atoms with Crippen LogP contribution in [-0.4, -0.2) is 44.3 Å². The van der Waals surface area contributed by atoms with Gasteiger partial charge in [0, 0.05) is 19.6 Å². The highest BCUT2D eigenvalue weighted by Crippen LogP contribution is 2.12. The van der Waals surface area contributed by atoms with Gasteiger partial charge in [-0.1, -0.05) is 13.8 Å². The van der Waals surface area contributed by atoms with E-state index in [2.05, 4.69) is 18.7 Å². The topological polar surface area (TPSA) is 38.5 Å². The van der Waals surface area contributed by atoms with Crippen LogP contribution in [-0.2, 0) is 4.74 Å². The normalized spacial score (nSPS) is 21.4. The summed E-state index contributed by atoms with van der Waals surface area (Å²) in [5, 5.41) is 0. The summed E-state index contributed by atoms with van der Waals surface area (Å²) >= 11 is 0. The molecule has 0 saturated carbocycles. The predicted octanol–water partition coefficient (Wildman–Crippen LogP) is 0.940. The maximum Gasteiger partial charge on any atom is 0.0594 e. The molecule has 1 aliphatic rings. The van der Waals surface area contributed by atoms with Crippen LogP contribution < -0.4 is 5.73 Å². The smallest absolute Gasteiger partial charge is 0.0594 e. The lowest BCUT2D eigenvalue weighted by Crippen LogP contribution is -2.41. The van der Waals surface area contributed by atoms with Crippen molar-refractivity contribution in [2.75, 3.05) is 39.4 Å². The van der Waals surface area contributed by atoms with Gasteiger partial charge in [0.2, 0.25) is 0 Å². The first-order chi connectivity index (χ1) is 6.72. The Balaban J connectivity index is 2.23. The van der Waals surface area contributed by atoms with E-state index in [0.717, 1.165) is 45.3 Å². The maximum atomic E-state index is 5.78. The molecule has 0 bridgehead atoms. The van der Waals surface area contributed by atoms with Gasteiger partial charge in [-0.3, -0.25) is 4.90 Å². The Kier molecular flexibility index (Phi) is 5.45. The Morgan fingerprint density at radius 2 is 1.93 bits per heavy atom. The predicted molar refractivity (Wildman–Crippen MR) is 59.3 cm³/mol. The number of hydrogen-bond donors (Lipinski definition) is 1. The first-order valence-electron chi connectivity index (χ1n) is 5.72. The van der Waals surface area contributed by atoms with Crippen molar-refractivity contribution in [3.63, 3.8) is 0 Å². The number of morpholine rings is 1. The van der Waals surface area contributed by atoms with Crippen molar-refractivity contribution in [2.45, 2.75) is 20.3 Å². The number of nitrogens with two attached hydrogens (primary N) is 1. The van der Waals surface area contributed by atoms with Gasteiger partial charge in [0.25, 0.3) is 0 Å². The van der Waals surface area contributed by atoms with Gasteiger partial charge < -0.3 is 10.5 Å². The first kappa shape index (κ1) is 12.0. The molecule has 1 saturated heterocycles. The molecule has 1 fully saturated rings. The van der Waals surface area contributed by atoms with Crippen LogP contribution >= 0.6 is 0 Å². The standard InChI is InChI=1S/C11H24N2O/c1-10(2)7-11(8-12)9-13-3-5-14-6-4-13/h10-11H,3-9,12H2,1-2H3. The molecule has 0 aliphatic carbocycles. The zero-order valence-electron chi connectivity index (χ0n) is 9.54. The largest absolute Gasteiger partial charge is 0.379 e. The maximum absolute atomic E-state index is 5.78. The fourth-order valence-corrected chi connectivity index (χ4v) is 2.06. The summed E-state index contributed by atoms with van der Waals surface area (Å²) in [6.07, 6.45) is 1.24. The first-order valence-corrected chi connectivity index (χ1v) is 5.72. The Labute approximate surface area is 87.6 Å². The van der Waals surface area contributed by atoms with Crippen molar-refractivity contribution in [2.24, 2.45) is 17.6 Å². The van der Waals surface area contributed by atoms with Crippen molar-refractivity contribution < 1.29 is 4.74 Å². The summed E-state index contributed by atoms with van der Waals surface area (Å²) in [6.45, 7) is 10.4. The molecule has 3 heteroatoms. The highest BCUT2D eigenvalue weighted by atomic mass is 16.5. The second-order valence-electron chi connectivity index (χ2n) is 4.64. The molecular weight excluding hydrogens is 176 g/mol. The van der Waals surface area contributed by atoms with Gasteiger partial charge in [-0.2, -0.15) is 0 Å². The minimum atomic E-state index is 0.660. The SMILES string of the molecule is CC(C)CC(CN)CN1CCOCC1. The zero-order valence-corrected chi connectivity index (χ0v) is 9.54. The van der Waals surface area contributed by atoms with Crippen LogP contribution in [0.25, 0.3) is 0 Å². The fraction of sp³-hybridized carbons (Fsp3) is 1.00. The van der Waals surface area contributed by atoms with E-state index in [0.29, 0.717) is 5.92 Å². The minimum absolute atomic E-state index is 0.660. The molecule has 3 nitrogen and oxygen atoms in total. The van der Waals surface area contributed by atoms with Crippen LogP contribution in [0.2, 0.25) is 0 Å². The summed E-state index contributed by atoms with van der Waals surface area (Å²) in [5.41, 5.74) is 5.78. The summed E-state index contributed by atoms with van der Waals surface area (Å²) in [5.74, 6) is 1.41. The molecule has 0 aromatic heterocycles. The molecule has 0 aromatic rings. The van der Waals surface area contributed by atoms with E-state index >= 15 is 0 Å². The van der Waals surface area contributed by atoms with E-state index in [1.807, 2.05) is 0 Å². The molecule has 1 heterocycles. The summed E-state index contributed by atoms with van der Waals surface area (Å²) in [4.78, 5) is 2.48. The Morgan fingerprint density at radius 1 is 1.29 bits per heavy atom. The van der Waals surface area contributed by atoms with Crippen molar-refractivity contribution in [1.29, 1.82) is 0 Å². The third kappa shape index (κ3) is 4.40. The lowest BCUT2D eigenvalue weighted by Gasteiger charge is -2.30. The lowest BCUT2D eigenvalue weighted by molar-refractivity contribution is 0.0298. The van der Waals surface area contributed by atoms with E-state index in [9.17, 15) is 0 Å². The van der Waals surface area contributed by atoms with Gasteiger partial charge in [0.05, 0.1) is 13.2 Å². The molecule has 84 valence electrons. The third-order valence-corrected chi connectivity index (χ3v) is 2.76. The van der Waals surface area contributed by atoms with E-state index in [-0.39, 0.29) is 0 Å². The molecule has 1 rings (SSSR count). The third-order valence-electron chi connectivity index (χ3n) is 2.76. The molecule has 1 atom stereocenters. The number of rotatable bonds is 5. The molecule has 1 aliphatic heterocycles. The van der Waals surface area contributed by atoms with Crippen LogP contribution in [0.1, 0.15) is 20.3 Å². The quantitative estimate of drug-likeness (QED) is 0.718. The van der Waals surface area contributed by atoms with E-state index in [4.69, 9.17) is 10.5 Å². The molecule has 0 radical (unpaired) electrons. The van der Waals surface area contributed by atoms with Gasteiger partial charge in [-0.25, -0.2) is 0 Å². The van der Waals surface area contributed by atoms with Crippen LogP contribution in [0.4, 0.5) is 0 Å². The van der Waals surface area contributed by atoms with Crippen molar-refractivity contribution in [3.8, 4) is 0 Å².